The smallest absolute Gasteiger partial charge is 0.153 e. The molecule has 0 saturated carbocycles. The lowest BCUT2D eigenvalue weighted by atomic mass is 9.98. The van der Waals surface area contributed by atoms with Gasteiger partial charge in [-0.25, -0.2) is 4.39 Å². The lowest BCUT2D eigenvalue weighted by molar-refractivity contribution is 0.548. The van der Waals surface area contributed by atoms with Crippen molar-refractivity contribution in [3.05, 3.63) is 58.0 Å². The predicted molar refractivity (Wildman–Crippen MR) is 93.4 cm³/mol. The first kappa shape index (κ1) is 16.7. The second-order valence-corrected chi connectivity index (χ2v) is 5.98. The molecule has 0 unspecified atom stereocenters. The molecule has 0 spiro atoms. The summed E-state index contributed by atoms with van der Waals surface area (Å²) in [6.45, 7) is 1.87. The molecule has 0 radical (unpaired) electrons. The number of rotatable bonds is 3. The maximum atomic E-state index is 14.4. The Morgan fingerprint density at radius 1 is 1.14 bits per heavy atom. The van der Waals surface area contributed by atoms with Gasteiger partial charge in [0.05, 0.1) is 5.69 Å². The van der Waals surface area contributed by atoms with Gasteiger partial charge in [-0.3, -0.25) is 0 Å². The number of anilines is 1. The highest BCUT2D eigenvalue weighted by molar-refractivity contribution is 6.33. The largest absolute Gasteiger partial charge is 0.396 e. The number of halogens is 3. The molecule has 2 aromatic carbocycles. The molecule has 0 aromatic heterocycles. The van der Waals surface area contributed by atoms with Gasteiger partial charge in [0.25, 0.3) is 0 Å². The van der Waals surface area contributed by atoms with Crippen LogP contribution in [0, 0.1) is 5.82 Å². The van der Waals surface area contributed by atoms with Gasteiger partial charge in [-0.15, -0.1) is 0 Å². The van der Waals surface area contributed by atoms with Crippen LogP contribution in [-0.2, 0) is 0 Å². The highest BCUT2D eigenvalue weighted by atomic mass is 35.5. The third-order valence-corrected chi connectivity index (χ3v) is 4.35. The quantitative estimate of drug-likeness (QED) is 0.614. The van der Waals surface area contributed by atoms with Crippen LogP contribution in [0.15, 0.2) is 41.6 Å². The maximum Gasteiger partial charge on any atom is 0.153 e. The molecule has 5 heteroatoms. The van der Waals surface area contributed by atoms with Crippen molar-refractivity contribution in [1.82, 2.24) is 4.90 Å². The van der Waals surface area contributed by atoms with E-state index in [1.54, 1.807) is 41.3 Å². The molecule has 0 fully saturated rings. The van der Waals surface area contributed by atoms with E-state index in [-0.39, 0.29) is 5.69 Å². The first-order valence-corrected chi connectivity index (χ1v) is 7.46. The molecule has 2 N–H and O–H groups in total. The summed E-state index contributed by atoms with van der Waals surface area (Å²) in [6.07, 6.45) is 0. The van der Waals surface area contributed by atoms with E-state index < -0.39 is 5.82 Å². The number of hydrogen-bond acceptors (Lipinski definition) is 2. The van der Waals surface area contributed by atoms with E-state index in [4.69, 9.17) is 28.9 Å². The van der Waals surface area contributed by atoms with Crippen molar-refractivity contribution in [2.75, 3.05) is 19.8 Å². The fourth-order valence-electron chi connectivity index (χ4n) is 2.19. The molecule has 22 heavy (non-hydrogen) atoms. The Kier molecular flexibility index (Phi) is 4.99. The summed E-state index contributed by atoms with van der Waals surface area (Å²) in [6, 6.07) is 10.4. The van der Waals surface area contributed by atoms with Gasteiger partial charge in [0.2, 0.25) is 0 Å². The van der Waals surface area contributed by atoms with Gasteiger partial charge in [0.15, 0.2) is 5.82 Å². The average Bonchev–Trinajstić information content (AvgIpc) is 2.49. The molecule has 0 bridgehead atoms. The molecule has 2 rings (SSSR count). The van der Waals surface area contributed by atoms with E-state index in [0.717, 1.165) is 11.1 Å². The molecule has 0 saturated heterocycles. The Balaban J connectivity index is 2.68. The summed E-state index contributed by atoms with van der Waals surface area (Å²) in [4.78, 5) is 1.78. The molecule has 0 atom stereocenters. The third kappa shape index (κ3) is 3.21. The van der Waals surface area contributed by atoms with Crippen LogP contribution in [0.4, 0.5) is 10.1 Å². The van der Waals surface area contributed by atoms with E-state index in [1.165, 1.54) is 0 Å². The SMILES string of the molecule is C/C(=C(\Cl)N(C)C)c1cc(N)c(F)c(-c2ccccc2Cl)c1. The van der Waals surface area contributed by atoms with Crippen LogP contribution in [0.1, 0.15) is 12.5 Å². The van der Waals surface area contributed by atoms with E-state index >= 15 is 0 Å². The van der Waals surface area contributed by atoms with Gasteiger partial charge in [0.1, 0.15) is 5.16 Å². The van der Waals surface area contributed by atoms with Crippen molar-refractivity contribution in [3.63, 3.8) is 0 Å². The molecular formula is C17H17Cl2FN2. The number of hydrogen-bond donors (Lipinski definition) is 1. The van der Waals surface area contributed by atoms with E-state index in [1.807, 2.05) is 21.0 Å². The number of nitrogen functional groups attached to an aromatic ring is 1. The zero-order valence-corrected chi connectivity index (χ0v) is 14.1. The monoisotopic (exact) mass is 338 g/mol. The zero-order valence-electron chi connectivity index (χ0n) is 12.6. The highest BCUT2D eigenvalue weighted by Crippen LogP contribution is 2.35. The summed E-state index contributed by atoms with van der Waals surface area (Å²) in [5, 5.41) is 1.04. The fraction of sp³-hybridized carbons (Fsp3) is 0.176. The predicted octanol–water partition coefficient (Wildman–Crippen LogP) is 5.22. The van der Waals surface area contributed by atoms with Gasteiger partial charge in [0, 0.05) is 30.2 Å². The van der Waals surface area contributed by atoms with Crippen LogP contribution < -0.4 is 5.73 Å². The van der Waals surface area contributed by atoms with Crippen molar-refractivity contribution < 1.29 is 4.39 Å². The van der Waals surface area contributed by atoms with Gasteiger partial charge in [-0.05, 0) is 36.3 Å². The van der Waals surface area contributed by atoms with Crippen molar-refractivity contribution in [2.24, 2.45) is 0 Å². The molecule has 0 aliphatic carbocycles. The van der Waals surface area contributed by atoms with Crippen molar-refractivity contribution >= 4 is 34.5 Å². The molecule has 2 nitrogen and oxygen atoms in total. The summed E-state index contributed by atoms with van der Waals surface area (Å²) >= 11 is 12.4. The van der Waals surface area contributed by atoms with E-state index in [0.29, 0.717) is 21.3 Å². The highest BCUT2D eigenvalue weighted by Gasteiger charge is 2.15. The molecule has 2 aromatic rings. The van der Waals surface area contributed by atoms with Crippen molar-refractivity contribution in [1.29, 1.82) is 0 Å². The van der Waals surface area contributed by atoms with Gasteiger partial charge < -0.3 is 10.6 Å². The Morgan fingerprint density at radius 3 is 2.36 bits per heavy atom. The minimum Gasteiger partial charge on any atom is -0.396 e. The van der Waals surface area contributed by atoms with Crippen LogP contribution >= 0.6 is 23.2 Å². The molecular weight excluding hydrogens is 322 g/mol. The molecule has 0 aliphatic heterocycles. The minimum absolute atomic E-state index is 0.0648. The van der Waals surface area contributed by atoms with Crippen LogP contribution in [0.25, 0.3) is 16.7 Å². The van der Waals surface area contributed by atoms with Crippen molar-refractivity contribution in [2.45, 2.75) is 6.92 Å². The van der Waals surface area contributed by atoms with Crippen molar-refractivity contribution in [3.8, 4) is 11.1 Å². The Labute approximate surface area is 139 Å². The second-order valence-electron chi connectivity index (χ2n) is 5.22. The molecule has 0 heterocycles. The Hall–Kier alpha value is -1.71. The number of allylic oxidation sites excluding steroid dienone is 1. The van der Waals surface area contributed by atoms with E-state index in [9.17, 15) is 4.39 Å². The normalized spacial score (nSPS) is 12.1. The van der Waals surface area contributed by atoms with Crippen LogP contribution in [0.5, 0.6) is 0 Å². The number of benzene rings is 2. The number of nitrogens with two attached hydrogens (primary N) is 1. The Morgan fingerprint density at radius 2 is 1.77 bits per heavy atom. The first-order valence-electron chi connectivity index (χ1n) is 6.71. The van der Waals surface area contributed by atoms with Gasteiger partial charge in [-0.2, -0.15) is 0 Å². The summed E-state index contributed by atoms with van der Waals surface area (Å²) in [7, 11) is 3.68. The zero-order chi connectivity index (χ0) is 16.4. The molecule has 0 aliphatic rings. The molecule has 0 amide bonds. The second kappa shape index (κ2) is 6.59. The lowest BCUT2D eigenvalue weighted by Crippen LogP contribution is -2.08. The number of nitrogens with zero attached hydrogens (tertiary/aromatic N) is 1. The van der Waals surface area contributed by atoms with Crippen LogP contribution in [-0.4, -0.2) is 19.0 Å². The van der Waals surface area contributed by atoms with Gasteiger partial charge >= 0.3 is 0 Å². The fourth-order valence-corrected chi connectivity index (χ4v) is 2.54. The third-order valence-electron chi connectivity index (χ3n) is 3.40. The molecule has 116 valence electrons. The van der Waals surface area contributed by atoms with Crippen LogP contribution in [0.3, 0.4) is 0 Å². The Bertz CT molecular complexity index is 739. The summed E-state index contributed by atoms with van der Waals surface area (Å²) in [5.41, 5.74) is 8.42. The van der Waals surface area contributed by atoms with Gasteiger partial charge in [-0.1, -0.05) is 41.4 Å². The maximum absolute atomic E-state index is 14.4. The lowest BCUT2D eigenvalue weighted by Gasteiger charge is -2.16. The van der Waals surface area contributed by atoms with E-state index in [2.05, 4.69) is 0 Å². The minimum atomic E-state index is -0.481. The first-order chi connectivity index (χ1) is 10.3. The standard InChI is InChI=1S/C17H17Cl2FN2/c1-10(17(19)22(2)3)11-8-13(16(20)15(21)9-11)12-6-4-5-7-14(12)18/h4-9H,21H2,1-3H3/b17-10-. The summed E-state index contributed by atoms with van der Waals surface area (Å²) in [5.74, 6) is -0.481. The topological polar surface area (TPSA) is 29.3 Å². The average molecular weight is 339 g/mol. The summed E-state index contributed by atoms with van der Waals surface area (Å²) < 4.78 is 14.4. The van der Waals surface area contributed by atoms with Crippen LogP contribution in [0.2, 0.25) is 5.02 Å².